The van der Waals surface area contributed by atoms with Crippen molar-refractivity contribution >= 4 is 23.1 Å². The number of rotatable bonds is 6. The van der Waals surface area contributed by atoms with Crippen LogP contribution in [0.5, 0.6) is 0 Å². The van der Waals surface area contributed by atoms with Crippen LogP contribution >= 0.6 is 23.1 Å². The summed E-state index contributed by atoms with van der Waals surface area (Å²) in [7, 11) is 0. The minimum Gasteiger partial charge on any atom is -0.392 e. The van der Waals surface area contributed by atoms with Crippen molar-refractivity contribution in [2.75, 3.05) is 5.75 Å². The number of hydrogen-bond acceptors (Lipinski definition) is 3. The summed E-state index contributed by atoms with van der Waals surface area (Å²) >= 11 is 3.17. The van der Waals surface area contributed by atoms with Crippen molar-refractivity contribution in [3.05, 3.63) is 52.5 Å². The summed E-state index contributed by atoms with van der Waals surface area (Å²) in [6, 6.07) is 8.55. The van der Waals surface area contributed by atoms with Gasteiger partial charge < -0.3 is 5.11 Å². The molecule has 0 aliphatic carbocycles. The topological polar surface area (TPSA) is 20.2 Å². The number of aliphatic hydroxyl groups is 1. The smallest absolute Gasteiger partial charge is 0.124 e. The lowest BCUT2D eigenvalue weighted by Crippen LogP contribution is -2.10. The standard InChI is InChI=1S/C14H15FOS2/c15-12-2-1-3-14(8-12)18-10-13(16)5-4-11-6-7-17-9-11/h1-3,6-9,13,16H,4-5,10H2. The van der Waals surface area contributed by atoms with Crippen LogP contribution in [0.1, 0.15) is 12.0 Å². The lowest BCUT2D eigenvalue weighted by atomic mass is 10.1. The quantitative estimate of drug-likeness (QED) is 0.809. The fourth-order valence-corrected chi connectivity index (χ4v) is 3.23. The van der Waals surface area contributed by atoms with E-state index in [2.05, 4.69) is 11.4 Å². The van der Waals surface area contributed by atoms with Gasteiger partial charge in [-0.05, 0) is 53.4 Å². The van der Waals surface area contributed by atoms with E-state index in [-0.39, 0.29) is 11.9 Å². The fraction of sp³-hybridized carbons (Fsp3) is 0.286. The van der Waals surface area contributed by atoms with Crippen LogP contribution in [0.25, 0.3) is 0 Å². The maximum absolute atomic E-state index is 13.0. The Kier molecular flexibility index (Phi) is 5.23. The molecule has 2 aromatic rings. The van der Waals surface area contributed by atoms with Crippen molar-refractivity contribution in [2.45, 2.75) is 23.8 Å². The van der Waals surface area contributed by atoms with Crippen molar-refractivity contribution in [1.29, 1.82) is 0 Å². The van der Waals surface area contributed by atoms with Gasteiger partial charge in [-0.3, -0.25) is 0 Å². The predicted molar refractivity (Wildman–Crippen MR) is 75.8 cm³/mol. The summed E-state index contributed by atoms with van der Waals surface area (Å²) in [6.07, 6.45) is 1.30. The van der Waals surface area contributed by atoms with E-state index in [1.54, 1.807) is 17.4 Å². The second-order valence-corrected chi connectivity index (χ2v) is 5.97. The average molecular weight is 282 g/mol. The molecule has 1 aromatic carbocycles. The first-order valence-corrected chi connectivity index (χ1v) is 7.74. The van der Waals surface area contributed by atoms with Gasteiger partial charge in [0.2, 0.25) is 0 Å². The van der Waals surface area contributed by atoms with Crippen molar-refractivity contribution in [1.82, 2.24) is 0 Å². The van der Waals surface area contributed by atoms with Crippen molar-refractivity contribution in [3.8, 4) is 0 Å². The Morgan fingerprint density at radius 1 is 1.33 bits per heavy atom. The molecule has 0 saturated heterocycles. The second kappa shape index (κ2) is 6.92. The molecule has 96 valence electrons. The molecule has 0 aliphatic heterocycles. The van der Waals surface area contributed by atoms with Gasteiger partial charge >= 0.3 is 0 Å². The maximum atomic E-state index is 13.0. The van der Waals surface area contributed by atoms with E-state index in [9.17, 15) is 9.50 Å². The lowest BCUT2D eigenvalue weighted by molar-refractivity contribution is 0.189. The van der Waals surface area contributed by atoms with Gasteiger partial charge in [0.25, 0.3) is 0 Å². The SMILES string of the molecule is OC(CCc1ccsc1)CSc1cccc(F)c1. The minimum absolute atomic E-state index is 0.229. The van der Waals surface area contributed by atoms with E-state index in [0.717, 1.165) is 17.7 Å². The fourth-order valence-electron chi connectivity index (χ4n) is 1.60. The molecule has 1 atom stereocenters. The van der Waals surface area contributed by atoms with Crippen LogP contribution < -0.4 is 0 Å². The van der Waals surface area contributed by atoms with E-state index in [0.29, 0.717) is 5.75 Å². The lowest BCUT2D eigenvalue weighted by Gasteiger charge is -2.09. The molecular weight excluding hydrogens is 267 g/mol. The Bertz CT molecular complexity index is 470. The molecule has 4 heteroatoms. The minimum atomic E-state index is -0.349. The molecule has 0 fully saturated rings. The summed E-state index contributed by atoms with van der Waals surface area (Å²) in [5.41, 5.74) is 1.27. The van der Waals surface area contributed by atoms with Crippen LogP contribution in [-0.4, -0.2) is 17.0 Å². The average Bonchev–Trinajstić information content (AvgIpc) is 2.87. The molecule has 1 heterocycles. The molecular formula is C14H15FOS2. The van der Waals surface area contributed by atoms with Crippen molar-refractivity contribution in [3.63, 3.8) is 0 Å². The Morgan fingerprint density at radius 3 is 2.94 bits per heavy atom. The highest BCUT2D eigenvalue weighted by Crippen LogP contribution is 2.21. The molecule has 0 saturated carbocycles. The highest BCUT2D eigenvalue weighted by atomic mass is 32.2. The molecule has 0 radical (unpaired) electrons. The Balaban J connectivity index is 1.73. The van der Waals surface area contributed by atoms with E-state index in [4.69, 9.17) is 0 Å². The van der Waals surface area contributed by atoms with Gasteiger partial charge in [0.05, 0.1) is 6.10 Å². The van der Waals surface area contributed by atoms with Crippen molar-refractivity contribution in [2.24, 2.45) is 0 Å². The van der Waals surface area contributed by atoms with Gasteiger partial charge in [-0.1, -0.05) is 6.07 Å². The van der Waals surface area contributed by atoms with Gasteiger partial charge in [0.1, 0.15) is 5.82 Å². The van der Waals surface area contributed by atoms with Crippen LogP contribution in [0.3, 0.4) is 0 Å². The van der Waals surface area contributed by atoms with E-state index in [1.807, 2.05) is 11.4 Å². The summed E-state index contributed by atoms with van der Waals surface area (Å²) in [4.78, 5) is 0.865. The number of hydrogen-bond donors (Lipinski definition) is 1. The van der Waals surface area contributed by atoms with Crippen molar-refractivity contribution < 1.29 is 9.50 Å². The first-order chi connectivity index (χ1) is 8.74. The summed E-state index contributed by atoms with van der Waals surface area (Å²) in [5, 5.41) is 14.0. The highest BCUT2D eigenvalue weighted by Gasteiger charge is 2.06. The van der Waals surface area contributed by atoms with Gasteiger partial charge in [-0.2, -0.15) is 11.3 Å². The van der Waals surface area contributed by atoms with Gasteiger partial charge in [0, 0.05) is 10.6 Å². The first kappa shape index (κ1) is 13.6. The van der Waals surface area contributed by atoms with E-state index >= 15 is 0 Å². The molecule has 0 bridgehead atoms. The number of thiophene rings is 1. The third kappa shape index (κ3) is 4.44. The molecule has 2 rings (SSSR count). The van der Waals surface area contributed by atoms with Crippen LogP contribution in [0.15, 0.2) is 46.0 Å². The molecule has 0 amide bonds. The summed E-state index contributed by atoms with van der Waals surface area (Å²) in [5.74, 6) is 0.376. The zero-order valence-corrected chi connectivity index (χ0v) is 11.5. The number of thioether (sulfide) groups is 1. The Morgan fingerprint density at radius 2 is 2.22 bits per heavy atom. The maximum Gasteiger partial charge on any atom is 0.124 e. The summed E-state index contributed by atoms with van der Waals surface area (Å²) < 4.78 is 13.0. The molecule has 0 spiro atoms. The molecule has 1 unspecified atom stereocenters. The highest BCUT2D eigenvalue weighted by molar-refractivity contribution is 7.99. The van der Waals surface area contributed by atoms with Crippen LogP contribution in [0, 0.1) is 5.82 Å². The number of aryl methyl sites for hydroxylation is 1. The Hall–Kier alpha value is -0.840. The van der Waals surface area contributed by atoms with E-state index in [1.165, 1.54) is 29.5 Å². The number of aliphatic hydroxyl groups excluding tert-OH is 1. The first-order valence-electron chi connectivity index (χ1n) is 5.81. The van der Waals surface area contributed by atoms with Gasteiger partial charge in [-0.15, -0.1) is 11.8 Å². The molecule has 18 heavy (non-hydrogen) atoms. The number of halogens is 1. The molecule has 1 N–H and O–H groups in total. The largest absolute Gasteiger partial charge is 0.392 e. The molecule has 1 nitrogen and oxygen atoms in total. The monoisotopic (exact) mass is 282 g/mol. The zero-order chi connectivity index (χ0) is 12.8. The van der Waals surface area contributed by atoms with Gasteiger partial charge in [-0.25, -0.2) is 4.39 Å². The Labute approximate surface area is 115 Å². The van der Waals surface area contributed by atoms with Crippen LogP contribution in [0.4, 0.5) is 4.39 Å². The third-order valence-corrected chi connectivity index (χ3v) is 4.46. The number of benzene rings is 1. The third-order valence-electron chi connectivity index (χ3n) is 2.58. The second-order valence-electron chi connectivity index (χ2n) is 4.09. The van der Waals surface area contributed by atoms with Crippen LogP contribution in [-0.2, 0) is 6.42 Å². The summed E-state index contributed by atoms with van der Waals surface area (Å²) in [6.45, 7) is 0. The molecule has 1 aromatic heterocycles. The normalized spacial score (nSPS) is 12.6. The molecule has 0 aliphatic rings. The van der Waals surface area contributed by atoms with Crippen LogP contribution in [0.2, 0.25) is 0 Å². The van der Waals surface area contributed by atoms with Gasteiger partial charge in [0.15, 0.2) is 0 Å². The van der Waals surface area contributed by atoms with E-state index < -0.39 is 0 Å². The zero-order valence-electron chi connectivity index (χ0n) is 9.88. The predicted octanol–water partition coefficient (Wildman–Crippen LogP) is 3.97.